The monoisotopic (exact) mass is 626 g/mol. The van der Waals surface area contributed by atoms with Crippen molar-refractivity contribution in [3.8, 4) is 44.5 Å². The molecule has 7 aromatic carbocycles. The van der Waals surface area contributed by atoms with Crippen molar-refractivity contribution in [1.29, 1.82) is 0 Å². The summed E-state index contributed by atoms with van der Waals surface area (Å²) in [7, 11) is -2.86. The zero-order valence-corrected chi connectivity index (χ0v) is 29.9. The van der Waals surface area contributed by atoms with E-state index in [0.29, 0.717) is 0 Å². The Kier molecular flexibility index (Phi) is 7.67. The van der Waals surface area contributed by atoms with Gasteiger partial charge in [0.15, 0.2) is 0 Å². The van der Waals surface area contributed by atoms with Gasteiger partial charge in [-0.05, 0) is 78.2 Å². The highest BCUT2D eigenvalue weighted by Crippen LogP contribution is 2.45. The van der Waals surface area contributed by atoms with E-state index in [4.69, 9.17) is 0 Å². The van der Waals surface area contributed by atoms with Crippen LogP contribution in [0.25, 0.3) is 66.1 Å². The molecule has 0 spiro atoms. The Morgan fingerprint density at radius 3 is 0.957 bits per heavy atom. The average Bonchev–Trinajstić information content (AvgIpc) is 3.07. The normalized spacial score (nSPS) is 12.1. The summed E-state index contributed by atoms with van der Waals surface area (Å²) in [5.41, 5.74) is 10.1. The molecule has 2 heteroatoms. The molecule has 7 aromatic rings. The van der Waals surface area contributed by atoms with E-state index in [1.807, 2.05) is 0 Å². The second-order valence-electron chi connectivity index (χ2n) is 14.7. The molecule has 0 fully saturated rings. The highest BCUT2D eigenvalue weighted by molar-refractivity contribution is 6.89. The first-order chi connectivity index (χ1) is 22.1. The van der Waals surface area contributed by atoms with E-state index in [2.05, 4.69) is 185 Å². The molecule has 0 nitrogen and oxygen atoms in total. The van der Waals surface area contributed by atoms with Crippen LogP contribution in [0.3, 0.4) is 0 Å². The van der Waals surface area contributed by atoms with Crippen molar-refractivity contribution in [3.63, 3.8) is 0 Å². The lowest BCUT2D eigenvalue weighted by molar-refractivity contribution is 1.62. The summed E-state index contributed by atoms with van der Waals surface area (Å²) in [6, 6.07) is 54.8. The predicted molar refractivity (Wildman–Crippen MR) is 209 cm³/mol. The molecule has 0 saturated heterocycles. The van der Waals surface area contributed by atoms with Crippen molar-refractivity contribution in [1.82, 2.24) is 0 Å². The summed E-state index contributed by atoms with van der Waals surface area (Å²) in [4.78, 5) is 0. The molecule has 226 valence electrons. The fraction of sp³-hybridized carbons (Fsp3) is 0.136. The van der Waals surface area contributed by atoms with Gasteiger partial charge in [-0.15, -0.1) is 0 Å². The molecule has 0 radical (unpaired) electrons. The van der Waals surface area contributed by atoms with Crippen molar-refractivity contribution >= 4 is 48.1 Å². The van der Waals surface area contributed by atoms with E-state index in [0.717, 1.165) is 0 Å². The lowest BCUT2D eigenvalue weighted by atomic mass is 9.84. The molecule has 0 atom stereocenters. The first-order valence-corrected chi connectivity index (χ1v) is 23.4. The van der Waals surface area contributed by atoms with Crippen LogP contribution in [0.4, 0.5) is 0 Å². The first kappa shape index (κ1) is 30.2. The van der Waals surface area contributed by atoms with Crippen LogP contribution in [-0.4, -0.2) is 16.1 Å². The predicted octanol–water partition coefficient (Wildman–Crippen LogP) is 11.8. The van der Waals surface area contributed by atoms with Crippen LogP contribution in [-0.2, 0) is 0 Å². The molecular formula is C44H42Si2. The van der Waals surface area contributed by atoms with Gasteiger partial charge in [-0.3, -0.25) is 0 Å². The molecule has 0 aliphatic rings. The minimum atomic E-state index is -1.44. The molecule has 0 aromatic heterocycles. The molecule has 0 heterocycles. The Balaban J connectivity index is 1.60. The van der Waals surface area contributed by atoms with Gasteiger partial charge < -0.3 is 0 Å². The molecule has 0 aliphatic heterocycles. The maximum Gasteiger partial charge on any atom is 0.0775 e. The van der Waals surface area contributed by atoms with Gasteiger partial charge in [-0.25, -0.2) is 0 Å². The zero-order chi connectivity index (χ0) is 32.1. The number of rotatable bonds is 6. The van der Waals surface area contributed by atoms with E-state index >= 15 is 0 Å². The highest BCUT2D eigenvalue weighted by Gasteiger charge is 2.21. The Morgan fingerprint density at radius 1 is 0.283 bits per heavy atom. The Morgan fingerprint density at radius 2 is 0.609 bits per heavy atom. The Bertz CT molecular complexity index is 2060. The second kappa shape index (κ2) is 11.7. The summed E-state index contributed by atoms with van der Waals surface area (Å²) < 4.78 is 0. The van der Waals surface area contributed by atoms with Crippen LogP contribution >= 0.6 is 0 Å². The Hall–Kier alpha value is -4.51. The quantitative estimate of drug-likeness (QED) is 0.127. The molecule has 0 unspecified atom stereocenters. The molecule has 0 bridgehead atoms. The summed E-state index contributed by atoms with van der Waals surface area (Å²) in [5, 5.41) is 8.16. The summed E-state index contributed by atoms with van der Waals surface area (Å²) >= 11 is 0. The zero-order valence-electron chi connectivity index (χ0n) is 27.9. The standard InChI is InChI=1S/C44H42Si2/c1-45(2,3)37-23-17-33(18-24-37)43-39-27-21-35(31-13-9-7-10-14-31)29-41(39)44(34-19-25-38(26-20-34)46(4,5)6)42-30-36(22-28-40(42)43)32-15-11-8-12-16-32/h7-30H,1-6H3. The molecule has 0 N–H and O–H groups in total. The van der Waals surface area contributed by atoms with Gasteiger partial charge in [0.05, 0.1) is 16.1 Å². The third-order valence-electron chi connectivity index (χ3n) is 9.41. The summed E-state index contributed by atoms with van der Waals surface area (Å²) in [5.74, 6) is 0. The molecular weight excluding hydrogens is 585 g/mol. The van der Waals surface area contributed by atoms with E-state index in [-0.39, 0.29) is 0 Å². The minimum absolute atomic E-state index is 1.24. The van der Waals surface area contributed by atoms with Crippen LogP contribution in [0, 0.1) is 0 Å². The summed E-state index contributed by atoms with van der Waals surface area (Å²) in [6.07, 6.45) is 0. The second-order valence-corrected chi connectivity index (χ2v) is 24.8. The van der Waals surface area contributed by atoms with Crippen molar-refractivity contribution < 1.29 is 0 Å². The lowest BCUT2D eigenvalue weighted by Gasteiger charge is -2.22. The van der Waals surface area contributed by atoms with Crippen LogP contribution < -0.4 is 10.4 Å². The third-order valence-corrected chi connectivity index (χ3v) is 13.5. The minimum Gasteiger partial charge on any atom is -0.0656 e. The smallest absolute Gasteiger partial charge is 0.0656 e. The number of fused-ring (bicyclic) bond motifs is 2. The number of hydrogen-bond donors (Lipinski definition) is 0. The van der Waals surface area contributed by atoms with Gasteiger partial charge in [0, 0.05) is 0 Å². The summed E-state index contributed by atoms with van der Waals surface area (Å²) in [6.45, 7) is 14.5. The van der Waals surface area contributed by atoms with E-state index in [9.17, 15) is 0 Å². The van der Waals surface area contributed by atoms with Crippen molar-refractivity contribution in [2.75, 3.05) is 0 Å². The fourth-order valence-electron chi connectivity index (χ4n) is 6.74. The average molecular weight is 627 g/mol. The topological polar surface area (TPSA) is 0 Å². The van der Waals surface area contributed by atoms with Crippen molar-refractivity contribution in [2.24, 2.45) is 0 Å². The first-order valence-electron chi connectivity index (χ1n) is 16.4. The largest absolute Gasteiger partial charge is 0.0775 e. The van der Waals surface area contributed by atoms with Gasteiger partial charge in [0.1, 0.15) is 0 Å². The maximum absolute atomic E-state index is 2.43. The van der Waals surface area contributed by atoms with Gasteiger partial charge in [0.25, 0.3) is 0 Å². The van der Waals surface area contributed by atoms with Crippen LogP contribution in [0.15, 0.2) is 146 Å². The fourth-order valence-corrected chi connectivity index (χ4v) is 9.08. The number of hydrogen-bond acceptors (Lipinski definition) is 0. The van der Waals surface area contributed by atoms with E-state index < -0.39 is 16.1 Å². The molecule has 0 amide bonds. The van der Waals surface area contributed by atoms with Gasteiger partial charge >= 0.3 is 0 Å². The lowest BCUT2D eigenvalue weighted by Crippen LogP contribution is -2.37. The maximum atomic E-state index is 2.43. The molecule has 46 heavy (non-hydrogen) atoms. The van der Waals surface area contributed by atoms with Crippen LogP contribution in [0.1, 0.15) is 0 Å². The van der Waals surface area contributed by atoms with Gasteiger partial charge in [-0.2, -0.15) is 0 Å². The van der Waals surface area contributed by atoms with Crippen LogP contribution in [0.2, 0.25) is 39.3 Å². The van der Waals surface area contributed by atoms with Gasteiger partial charge in [-0.1, -0.05) is 183 Å². The van der Waals surface area contributed by atoms with Gasteiger partial charge in [0.2, 0.25) is 0 Å². The molecule has 7 rings (SSSR count). The van der Waals surface area contributed by atoms with Crippen molar-refractivity contribution in [2.45, 2.75) is 39.3 Å². The van der Waals surface area contributed by atoms with E-state index in [1.54, 1.807) is 0 Å². The molecule has 0 saturated carbocycles. The Labute approximate surface area is 276 Å². The highest BCUT2D eigenvalue weighted by atomic mass is 28.3. The van der Waals surface area contributed by atoms with Crippen molar-refractivity contribution in [3.05, 3.63) is 146 Å². The van der Waals surface area contributed by atoms with E-state index in [1.165, 1.54) is 76.4 Å². The SMILES string of the molecule is C[Si](C)(C)c1ccc(-c2c3ccc(-c4ccccc4)cc3c(-c3ccc([Si](C)(C)C)cc3)c3cc(-c4ccccc4)ccc23)cc1. The van der Waals surface area contributed by atoms with Crippen LogP contribution in [0.5, 0.6) is 0 Å². The number of benzene rings is 7. The molecule has 0 aliphatic carbocycles. The third kappa shape index (κ3) is 5.68.